The Morgan fingerprint density at radius 1 is 1.28 bits per heavy atom. The van der Waals surface area contributed by atoms with Crippen LogP contribution < -0.4 is 5.32 Å². The fraction of sp³-hybridized carbons (Fsp3) is 0.600. The normalized spacial score (nSPS) is 18.2. The van der Waals surface area contributed by atoms with Gasteiger partial charge in [0.05, 0.1) is 0 Å². The van der Waals surface area contributed by atoms with Crippen molar-refractivity contribution in [3.8, 4) is 0 Å². The molecule has 100 valence electrons. The summed E-state index contributed by atoms with van der Waals surface area (Å²) >= 11 is 0. The Labute approximate surface area is 108 Å². The highest BCUT2D eigenvalue weighted by Gasteiger charge is 2.28. The lowest BCUT2D eigenvalue weighted by Crippen LogP contribution is -2.28. The van der Waals surface area contributed by atoms with Crippen LogP contribution in [0.4, 0.5) is 8.78 Å². The van der Waals surface area contributed by atoms with E-state index in [1.54, 1.807) is 12.1 Å². The molecule has 1 fully saturated rings. The van der Waals surface area contributed by atoms with Crippen LogP contribution in [0.15, 0.2) is 18.2 Å². The zero-order valence-electron chi connectivity index (χ0n) is 10.9. The fourth-order valence-electron chi connectivity index (χ4n) is 2.88. The molecule has 1 nitrogen and oxygen atoms in total. The number of benzene rings is 1. The summed E-state index contributed by atoms with van der Waals surface area (Å²) in [7, 11) is 0. The molecule has 0 spiro atoms. The maximum Gasteiger partial charge on any atom is 0.163 e. The molecule has 1 aliphatic rings. The van der Waals surface area contributed by atoms with E-state index >= 15 is 0 Å². The first-order valence-electron chi connectivity index (χ1n) is 6.91. The average molecular weight is 253 g/mol. The Kier molecular flexibility index (Phi) is 4.70. The van der Waals surface area contributed by atoms with Crippen LogP contribution in [0, 0.1) is 17.6 Å². The van der Waals surface area contributed by atoms with Gasteiger partial charge in [-0.05, 0) is 37.8 Å². The van der Waals surface area contributed by atoms with Crippen molar-refractivity contribution < 1.29 is 8.78 Å². The van der Waals surface area contributed by atoms with Gasteiger partial charge in [-0.15, -0.1) is 0 Å². The summed E-state index contributed by atoms with van der Waals surface area (Å²) in [5, 5.41) is 3.39. The van der Waals surface area contributed by atoms with Gasteiger partial charge in [-0.1, -0.05) is 31.9 Å². The van der Waals surface area contributed by atoms with E-state index in [2.05, 4.69) is 12.2 Å². The first-order valence-corrected chi connectivity index (χ1v) is 6.91. The molecule has 1 N–H and O–H groups in total. The largest absolute Gasteiger partial charge is 0.310 e. The zero-order valence-corrected chi connectivity index (χ0v) is 10.9. The van der Waals surface area contributed by atoms with Crippen LogP contribution in [0.1, 0.15) is 50.6 Å². The summed E-state index contributed by atoms with van der Waals surface area (Å²) < 4.78 is 27.3. The van der Waals surface area contributed by atoms with Gasteiger partial charge in [0.2, 0.25) is 0 Å². The van der Waals surface area contributed by atoms with Crippen molar-refractivity contribution in [1.82, 2.24) is 5.32 Å². The second-order valence-corrected chi connectivity index (χ2v) is 5.12. The summed E-state index contributed by atoms with van der Waals surface area (Å²) in [6, 6.07) is 4.46. The molecule has 0 bridgehead atoms. The Morgan fingerprint density at radius 2 is 2.00 bits per heavy atom. The van der Waals surface area contributed by atoms with Gasteiger partial charge in [-0.25, -0.2) is 8.78 Å². The SMILES string of the molecule is CCCNC(c1cccc(F)c1F)C1CCCC1. The molecule has 3 heteroatoms. The van der Waals surface area contributed by atoms with Gasteiger partial charge in [0, 0.05) is 11.6 Å². The lowest BCUT2D eigenvalue weighted by molar-refractivity contribution is 0.352. The molecule has 1 aromatic rings. The molecule has 0 heterocycles. The Hall–Kier alpha value is -0.960. The topological polar surface area (TPSA) is 12.0 Å². The Bertz CT molecular complexity index is 386. The maximum atomic E-state index is 13.9. The molecule has 0 amide bonds. The Morgan fingerprint density at radius 3 is 2.67 bits per heavy atom. The van der Waals surface area contributed by atoms with E-state index in [0.717, 1.165) is 25.8 Å². The number of hydrogen-bond acceptors (Lipinski definition) is 1. The average Bonchev–Trinajstić information content (AvgIpc) is 2.88. The summed E-state index contributed by atoms with van der Waals surface area (Å²) in [5.74, 6) is -0.986. The smallest absolute Gasteiger partial charge is 0.163 e. The quantitative estimate of drug-likeness (QED) is 0.829. The first kappa shape index (κ1) is 13.5. The molecular weight excluding hydrogens is 232 g/mol. The summed E-state index contributed by atoms with van der Waals surface area (Å²) in [6.07, 6.45) is 5.62. The van der Waals surface area contributed by atoms with Crippen LogP contribution >= 0.6 is 0 Å². The van der Waals surface area contributed by atoms with Gasteiger partial charge < -0.3 is 5.32 Å². The third kappa shape index (κ3) is 2.89. The zero-order chi connectivity index (χ0) is 13.0. The number of rotatable bonds is 5. The molecule has 1 atom stereocenters. The van der Waals surface area contributed by atoms with Crippen molar-refractivity contribution in [2.45, 2.75) is 45.1 Å². The van der Waals surface area contributed by atoms with E-state index in [4.69, 9.17) is 0 Å². The fourth-order valence-corrected chi connectivity index (χ4v) is 2.88. The summed E-state index contributed by atoms with van der Waals surface area (Å²) in [6.45, 7) is 2.93. The minimum absolute atomic E-state index is 0.0388. The van der Waals surface area contributed by atoms with Gasteiger partial charge in [-0.3, -0.25) is 0 Å². The second kappa shape index (κ2) is 6.28. The van der Waals surface area contributed by atoms with E-state index < -0.39 is 11.6 Å². The molecule has 1 unspecified atom stereocenters. The van der Waals surface area contributed by atoms with Crippen LogP contribution in [0.3, 0.4) is 0 Å². The molecular formula is C15H21F2N. The highest BCUT2D eigenvalue weighted by Crippen LogP contribution is 2.36. The van der Waals surface area contributed by atoms with Crippen molar-refractivity contribution in [3.05, 3.63) is 35.4 Å². The minimum Gasteiger partial charge on any atom is -0.310 e. The highest BCUT2D eigenvalue weighted by molar-refractivity contribution is 5.23. The second-order valence-electron chi connectivity index (χ2n) is 5.12. The number of nitrogens with one attached hydrogen (secondary N) is 1. The van der Waals surface area contributed by atoms with Gasteiger partial charge in [0.15, 0.2) is 11.6 Å². The number of halogens is 2. The van der Waals surface area contributed by atoms with Gasteiger partial charge >= 0.3 is 0 Å². The predicted octanol–water partition coefficient (Wildman–Crippen LogP) is 4.20. The minimum atomic E-state index is -0.742. The molecule has 2 rings (SSSR count). The van der Waals surface area contributed by atoms with Crippen molar-refractivity contribution in [3.63, 3.8) is 0 Å². The van der Waals surface area contributed by atoms with Crippen molar-refractivity contribution in [2.75, 3.05) is 6.54 Å². The number of hydrogen-bond donors (Lipinski definition) is 1. The lowest BCUT2D eigenvalue weighted by Gasteiger charge is -2.25. The molecule has 1 aromatic carbocycles. The van der Waals surface area contributed by atoms with E-state index in [0.29, 0.717) is 11.5 Å². The van der Waals surface area contributed by atoms with E-state index in [9.17, 15) is 8.78 Å². The molecule has 1 aliphatic carbocycles. The predicted molar refractivity (Wildman–Crippen MR) is 69.4 cm³/mol. The van der Waals surface area contributed by atoms with Crippen molar-refractivity contribution in [2.24, 2.45) is 5.92 Å². The van der Waals surface area contributed by atoms with Crippen molar-refractivity contribution >= 4 is 0 Å². The van der Waals surface area contributed by atoms with E-state index in [1.165, 1.54) is 18.9 Å². The maximum absolute atomic E-state index is 13.9. The van der Waals surface area contributed by atoms with Crippen LogP contribution in [-0.4, -0.2) is 6.54 Å². The first-order chi connectivity index (χ1) is 8.74. The van der Waals surface area contributed by atoms with Gasteiger partial charge in [0.25, 0.3) is 0 Å². The van der Waals surface area contributed by atoms with Gasteiger partial charge in [0.1, 0.15) is 0 Å². The molecule has 1 saturated carbocycles. The van der Waals surface area contributed by atoms with Crippen LogP contribution in [-0.2, 0) is 0 Å². The summed E-state index contributed by atoms with van der Waals surface area (Å²) in [5.41, 5.74) is 0.496. The summed E-state index contributed by atoms with van der Waals surface area (Å²) in [4.78, 5) is 0. The molecule has 0 saturated heterocycles. The van der Waals surface area contributed by atoms with Gasteiger partial charge in [-0.2, -0.15) is 0 Å². The molecule has 0 aliphatic heterocycles. The third-order valence-electron chi connectivity index (χ3n) is 3.80. The van der Waals surface area contributed by atoms with Crippen molar-refractivity contribution in [1.29, 1.82) is 0 Å². The van der Waals surface area contributed by atoms with Crippen LogP contribution in [0.25, 0.3) is 0 Å². The Balaban J connectivity index is 2.23. The standard InChI is InChI=1S/C15H21F2N/c1-2-10-18-15(11-6-3-4-7-11)12-8-5-9-13(16)14(12)17/h5,8-9,11,15,18H,2-4,6-7,10H2,1H3. The van der Waals surface area contributed by atoms with E-state index in [-0.39, 0.29) is 6.04 Å². The molecule has 0 radical (unpaired) electrons. The lowest BCUT2D eigenvalue weighted by atomic mass is 9.91. The highest BCUT2D eigenvalue weighted by atomic mass is 19.2. The van der Waals surface area contributed by atoms with E-state index in [1.807, 2.05) is 0 Å². The third-order valence-corrected chi connectivity index (χ3v) is 3.80. The monoisotopic (exact) mass is 253 g/mol. The van der Waals surface area contributed by atoms with Crippen LogP contribution in [0.5, 0.6) is 0 Å². The molecule has 0 aromatic heterocycles. The molecule has 18 heavy (non-hydrogen) atoms. The van der Waals surface area contributed by atoms with Crippen LogP contribution in [0.2, 0.25) is 0 Å².